The fourth-order valence-electron chi connectivity index (χ4n) is 2.33. The van der Waals surface area contributed by atoms with Gasteiger partial charge in [-0.1, -0.05) is 24.3 Å². The molecular weight excluding hydrogens is 341 g/mol. The molecule has 26 heavy (non-hydrogen) atoms. The van der Waals surface area contributed by atoms with Gasteiger partial charge in [0.05, 0.1) is 5.56 Å². The van der Waals surface area contributed by atoms with E-state index >= 15 is 0 Å². The van der Waals surface area contributed by atoms with E-state index in [1.54, 1.807) is 11.9 Å². The molecule has 0 heterocycles. The largest absolute Gasteiger partial charge is 0.416 e. The predicted molar refractivity (Wildman–Crippen MR) is 97.7 cm³/mol. The molecule has 1 amide bonds. The number of hydrogen-bond acceptors (Lipinski definition) is 2. The third kappa shape index (κ3) is 5.37. The van der Waals surface area contributed by atoms with Crippen LogP contribution in [0.1, 0.15) is 16.7 Å². The molecule has 2 aromatic carbocycles. The third-order valence-corrected chi connectivity index (χ3v) is 3.91. The van der Waals surface area contributed by atoms with E-state index in [-0.39, 0.29) is 5.91 Å². The Bertz CT molecular complexity index is 763. The Morgan fingerprint density at radius 1 is 0.962 bits per heavy atom. The summed E-state index contributed by atoms with van der Waals surface area (Å²) in [7, 11) is 5.59. The molecule has 2 aromatic rings. The number of rotatable bonds is 5. The first-order chi connectivity index (χ1) is 12.2. The highest BCUT2D eigenvalue weighted by Crippen LogP contribution is 2.29. The van der Waals surface area contributed by atoms with Crippen molar-refractivity contribution in [1.82, 2.24) is 4.90 Å². The molecule has 3 nitrogen and oxygen atoms in total. The van der Waals surface area contributed by atoms with E-state index in [4.69, 9.17) is 0 Å². The van der Waals surface area contributed by atoms with Crippen LogP contribution in [0.2, 0.25) is 0 Å². The van der Waals surface area contributed by atoms with Gasteiger partial charge in [-0.15, -0.1) is 0 Å². The van der Waals surface area contributed by atoms with Crippen LogP contribution < -0.4 is 4.90 Å². The quantitative estimate of drug-likeness (QED) is 0.734. The van der Waals surface area contributed by atoms with Crippen molar-refractivity contribution in [2.24, 2.45) is 0 Å². The summed E-state index contributed by atoms with van der Waals surface area (Å²) < 4.78 is 37.6. The normalized spacial score (nSPS) is 11.6. The van der Waals surface area contributed by atoms with Crippen molar-refractivity contribution in [2.45, 2.75) is 12.7 Å². The van der Waals surface area contributed by atoms with E-state index < -0.39 is 11.7 Å². The van der Waals surface area contributed by atoms with Crippen LogP contribution in [0.15, 0.2) is 54.6 Å². The van der Waals surface area contributed by atoms with Gasteiger partial charge in [-0.2, -0.15) is 13.2 Å². The monoisotopic (exact) mass is 362 g/mol. The Hall–Kier alpha value is -2.76. The number of carbonyl (C=O) groups excluding carboxylic acids is 1. The molecule has 0 saturated carbocycles. The molecule has 0 aliphatic rings. The summed E-state index contributed by atoms with van der Waals surface area (Å²) in [6.07, 6.45) is -1.49. The summed E-state index contributed by atoms with van der Waals surface area (Å²) in [6.45, 7) is 0.448. The summed E-state index contributed by atoms with van der Waals surface area (Å²) in [5.41, 5.74) is 1.90. The van der Waals surface area contributed by atoms with E-state index in [2.05, 4.69) is 0 Å². The second-order valence-electron chi connectivity index (χ2n) is 6.21. The van der Waals surface area contributed by atoms with Gasteiger partial charge in [0.2, 0.25) is 5.91 Å². The van der Waals surface area contributed by atoms with Gasteiger partial charge in [0, 0.05) is 39.5 Å². The van der Waals surface area contributed by atoms with Gasteiger partial charge in [0.15, 0.2) is 0 Å². The lowest BCUT2D eigenvalue weighted by Crippen LogP contribution is -2.24. The van der Waals surface area contributed by atoms with Crippen LogP contribution in [0.5, 0.6) is 0 Å². The van der Waals surface area contributed by atoms with E-state index in [1.807, 2.05) is 43.3 Å². The Morgan fingerprint density at radius 3 is 2.04 bits per heavy atom. The second-order valence-corrected chi connectivity index (χ2v) is 6.21. The highest BCUT2D eigenvalue weighted by molar-refractivity contribution is 5.91. The van der Waals surface area contributed by atoms with Crippen LogP contribution in [0, 0.1) is 0 Å². The molecule has 0 bridgehead atoms. The van der Waals surface area contributed by atoms with Crippen LogP contribution in [-0.4, -0.2) is 32.0 Å². The van der Waals surface area contributed by atoms with Gasteiger partial charge in [0.1, 0.15) is 0 Å². The number of halogens is 3. The fourth-order valence-corrected chi connectivity index (χ4v) is 2.33. The minimum atomic E-state index is -4.36. The molecule has 0 saturated heterocycles. The van der Waals surface area contributed by atoms with E-state index in [9.17, 15) is 18.0 Å². The van der Waals surface area contributed by atoms with Crippen molar-refractivity contribution in [2.75, 3.05) is 26.0 Å². The van der Waals surface area contributed by atoms with Crippen LogP contribution in [0.4, 0.5) is 18.9 Å². The highest BCUT2D eigenvalue weighted by Gasteiger charge is 2.29. The summed E-state index contributed by atoms with van der Waals surface area (Å²) in [4.78, 5) is 15.7. The number of anilines is 1. The van der Waals surface area contributed by atoms with Crippen LogP contribution in [-0.2, 0) is 17.5 Å². The summed E-state index contributed by atoms with van der Waals surface area (Å²) >= 11 is 0. The lowest BCUT2D eigenvalue weighted by atomic mass is 10.1. The van der Waals surface area contributed by atoms with Crippen molar-refractivity contribution >= 4 is 17.7 Å². The van der Waals surface area contributed by atoms with Gasteiger partial charge in [0.25, 0.3) is 0 Å². The number of amides is 1. The van der Waals surface area contributed by atoms with Gasteiger partial charge in [-0.05, 0) is 41.5 Å². The first-order valence-electron chi connectivity index (χ1n) is 8.03. The number of hydrogen-bond donors (Lipinski definition) is 0. The number of alkyl halides is 3. The second kappa shape index (κ2) is 8.08. The average Bonchev–Trinajstić information content (AvgIpc) is 2.59. The lowest BCUT2D eigenvalue weighted by Gasteiger charge is -2.17. The van der Waals surface area contributed by atoms with Crippen LogP contribution in [0.3, 0.4) is 0 Å². The molecule has 2 rings (SSSR count). The summed E-state index contributed by atoms with van der Waals surface area (Å²) in [6, 6.07) is 12.5. The first kappa shape index (κ1) is 19.6. The number of likely N-dealkylation sites (N-methyl/N-ethyl adjacent to an activating group) is 1. The zero-order valence-corrected chi connectivity index (χ0v) is 14.9. The third-order valence-electron chi connectivity index (χ3n) is 3.91. The molecule has 0 fully saturated rings. The molecule has 0 spiro atoms. The number of nitrogens with zero attached hydrogens (tertiary/aromatic N) is 2. The zero-order valence-electron chi connectivity index (χ0n) is 14.9. The molecule has 0 N–H and O–H groups in total. The Labute approximate surface area is 151 Å². The van der Waals surface area contributed by atoms with E-state index in [0.717, 1.165) is 23.4 Å². The SMILES string of the molecule is CN(Cc1ccc(N(C)C)cc1)C(=O)/C=C/c1ccc(C(F)(F)F)cc1. The maximum absolute atomic E-state index is 12.5. The fraction of sp³-hybridized carbons (Fsp3) is 0.250. The lowest BCUT2D eigenvalue weighted by molar-refractivity contribution is -0.137. The van der Waals surface area contributed by atoms with Gasteiger partial charge in [-0.3, -0.25) is 4.79 Å². The molecule has 0 unspecified atom stereocenters. The van der Waals surface area contributed by atoms with Crippen LogP contribution >= 0.6 is 0 Å². The number of benzene rings is 2. The van der Waals surface area contributed by atoms with Gasteiger partial charge in [-0.25, -0.2) is 0 Å². The standard InChI is InChI=1S/C20H21F3N2O/c1-24(2)18-11-6-16(7-12-18)14-25(3)19(26)13-8-15-4-9-17(10-5-15)20(21,22)23/h4-13H,14H2,1-3H3/b13-8+. The van der Waals surface area contributed by atoms with E-state index in [1.165, 1.54) is 24.3 Å². The molecule has 0 atom stereocenters. The maximum atomic E-state index is 12.5. The topological polar surface area (TPSA) is 23.6 Å². The van der Waals surface area contributed by atoms with Crippen molar-refractivity contribution < 1.29 is 18.0 Å². The number of carbonyl (C=O) groups is 1. The molecule has 0 aromatic heterocycles. The minimum Gasteiger partial charge on any atom is -0.378 e. The molecule has 138 valence electrons. The van der Waals surface area contributed by atoms with Crippen molar-refractivity contribution in [3.05, 3.63) is 71.3 Å². The Kier molecular flexibility index (Phi) is 6.08. The maximum Gasteiger partial charge on any atom is 0.416 e. The summed E-state index contributed by atoms with van der Waals surface area (Å²) in [5.74, 6) is -0.221. The van der Waals surface area contributed by atoms with Gasteiger partial charge < -0.3 is 9.80 Å². The van der Waals surface area contributed by atoms with Crippen molar-refractivity contribution in [1.29, 1.82) is 0 Å². The summed E-state index contributed by atoms with van der Waals surface area (Å²) in [5, 5.41) is 0. The molecule has 0 aliphatic heterocycles. The Balaban J connectivity index is 1.96. The van der Waals surface area contributed by atoms with E-state index in [0.29, 0.717) is 12.1 Å². The molecule has 0 aliphatic carbocycles. The zero-order chi connectivity index (χ0) is 19.3. The predicted octanol–water partition coefficient (Wildman–Crippen LogP) is 4.44. The molecule has 6 heteroatoms. The Morgan fingerprint density at radius 2 is 1.54 bits per heavy atom. The minimum absolute atomic E-state index is 0.221. The van der Waals surface area contributed by atoms with Crippen molar-refractivity contribution in [3.8, 4) is 0 Å². The smallest absolute Gasteiger partial charge is 0.378 e. The molecular formula is C20H21F3N2O. The average molecular weight is 362 g/mol. The van der Waals surface area contributed by atoms with Crippen molar-refractivity contribution in [3.63, 3.8) is 0 Å². The first-order valence-corrected chi connectivity index (χ1v) is 8.03. The molecule has 0 radical (unpaired) electrons. The highest BCUT2D eigenvalue weighted by atomic mass is 19.4. The van der Waals surface area contributed by atoms with Crippen LogP contribution in [0.25, 0.3) is 6.08 Å². The van der Waals surface area contributed by atoms with Gasteiger partial charge >= 0.3 is 6.18 Å².